The fraction of sp³-hybridized carbons (Fsp3) is 0.154. The molecular weight excluding hydrogens is 248 g/mol. The van der Waals surface area contributed by atoms with E-state index in [1.54, 1.807) is 18.4 Å². The summed E-state index contributed by atoms with van der Waals surface area (Å²) in [4.78, 5) is 4.53. The second-order valence-corrected chi connectivity index (χ2v) is 4.85. The fourth-order valence-electron chi connectivity index (χ4n) is 1.74. The first-order valence-electron chi connectivity index (χ1n) is 5.54. The number of aromatic nitrogens is 1. The Morgan fingerprint density at radius 1 is 1.33 bits per heavy atom. The van der Waals surface area contributed by atoms with Crippen LogP contribution in [-0.4, -0.2) is 12.1 Å². The Morgan fingerprint density at radius 3 is 2.94 bits per heavy atom. The molecule has 2 heterocycles. The first-order chi connectivity index (χ1) is 8.80. The molecule has 5 heteroatoms. The van der Waals surface area contributed by atoms with Gasteiger partial charge in [-0.2, -0.15) is 0 Å². The quantitative estimate of drug-likeness (QED) is 0.786. The molecule has 0 aliphatic carbocycles. The van der Waals surface area contributed by atoms with E-state index < -0.39 is 0 Å². The number of benzene rings is 1. The molecule has 0 aliphatic heterocycles. The Hall–Kier alpha value is -1.85. The highest BCUT2D eigenvalue weighted by Crippen LogP contribution is 2.33. The minimum Gasteiger partial charge on any atom is -0.497 e. The lowest BCUT2D eigenvalue weighted by molar-refractivity contribution is 0.415. The van der Waals surface area contributed by atoms with Gasteiger partial charge in [0.15, 0.2) is 10.8 Å². The zero-order chi connectivity index (χ0) is 12.5. The minimum atomic E-state index is 0.402. The summed E-state index contributed by atoms with van der Waals surface area (Å²) in [5.41, 5.74) is 6.47. The maximum atomic E-state index is 5.60. The van der Waals surface area contributed by atoms with Gasteiger partial charge in [-0.05, 0) is 30.3 Å². The van der Waals surface area contributed by atoms with Gasteiger partial charge in [0.1, 0.15) is 11.5 Å². The Balaban J connectivity index is 2.07. The van der Waals surface area contributed by atoms with E-state index in [1.165, 1.54) is 0 Å². The van der Waals surface area contributed by atoms with Gasteiger partial charge in [-0.15, -0.1) is 11.3 Å². The minimum absolute atomic E-state index is 0.402. The first-order valence-corrected chi connectivity index (χ1v) is 6.35. The second-order valence-electron chi connectivity index (χ2n) is 3.82. The molecule has 18 heavy (non-hydrogen) atoms. The molecule has 0 saturated carbocycles. The third-order valence-corrected chi connectivity index (χ3v) is 3.70. The van der Waals surface area contributed by atoms with Crippen molar-refractivity contribution in [3.05, 3.63) is 36.1 Å². The molecule has 0 unspecified atom stereocenters. The Morgan fingerprint density at radius 2 is 2.22 bits per heavy atom. The average Bonchev–Trinajstić information content (AvgIpc) is 3.03. The molecule has 0 spiro atoms. The van der Waals surface area contributed by atoms with Crippen LogP contribution in [0.5, 0.6) is 5.75 Å². The number of rotatable bonds is 3. The van der Waals surface area contributed by atoms with Crippen LogP contribution in [0.2, 0.25) is 0 Å². The van der Waals surface area contributed by atoms with Gasteiger partial charge < -0.3 is 14.9 Å². The number of nitrogens with zero attached hydrogens (tertiary/aromatic N) is 1. The van der Waals surface area contributed by atoms with Crippen LogP contribution in [0, 0.1) is 0 Å². The summed E-state index contributed by atoms with van der Waals surface area (Å²) in [6.07, 6.45) is 0. The van der Waals surface area contributed by atoms with E-state index in [2.05, 4.69) is 4.98 Å². The maximum absolute atomic E-state index is 5.60. The zero-order valence-electron chi connectivity index (χ0n) is 9.84. The number of hydrogen-bond acceptors (Lipinski definition) is 5. The third-order valence-electron chi connectivity index (χ3n) is 2.67. The van der Waals surface area contributed by atoms with Crippen LogP contribution in [0.25, 0.3) is 21.0 Å². The molecule has 3 rings (SSSR count). The van der Waals surface area contributed by atoms with Gasteiger partial charge in [0.25, 0.3) is 0 Å². The number of furan rings is 1. The molecule has 2 N–H and O–H groups in total. The molecule has 0 fully saturated rings. The Labute approximate surface area is 108 Å². The monoisotopic (exact) mass is 260 g/mol. The van der Waals surface area contributed by atoms with Gasteiger partial charge in [-0.25, -0.2) is 4.98 Å². The van der Waals surface area contributed by atoms with E-state index in [9.17, 15) is 0 Å². The largest absolute Gasteiger partial charge is 0.497 e. The Kier molecular flexibility index (Phi) is 2.77. The highest BCUT2D eigenvalue weighted by molar-refractivity contribution is 7.21. The molecule has 92 valence electrons. The van der Waals surface area contributed by atoms with Crippen molar-refractivity contribution in [3.8, 4) is 16.5 Å². The SMILES string of the molecule is COc1ccc2nc(-c3ccc(CN)o3)sc2c1. The number of hydrogen-bond donors (Lipinski definition) is 1. The van der Waals surface area contributed by atoms with Crippen LogP contribution in [-0.2, 0) is 6.54 Å². The number of thiazole rings is 1. The van der Waals surface area contributed by atoms with Gasteiger partial charge >= 0.3 is 0 Å². The molecule has 0 atom stereocenters. The summed E-state index contributed by atoms with van der Waals surface area (Å²) in [6, 6.07) is 9.60. The summed E-state index contributed by atoms with van der Waals surface area (Å²) < 4.78 is 11.9. The third kappa shape index (κ3) is 1.87. The molecule has 0 amide bonds. The highest BCUT2D eigenvalue weighted by Gasteiger charge is 2.10. The van der Waals surface area contributed by atoms with Gasteiger partial charge in [-0.1, -0.05) is 0 Å². The second kappa shape index (κ2) is 4.44. The molecule has 4 nitrogen and oxygen atoms in total. The summed E-state index contributed by atoms with van der Waals surface area (Å²) in [5.74, 6) is 2.36. The van der Waals surface area contributed by atoms with Crippen molar-refractivity contribution in [1.82, 2.24) is 4.98 Å². The van der Waals surface area contributed by atoms with E-state index in [-0.39, 0.29) is 0 Å². The van der Waals surface area contributed by atoms with Crippen LogP contribution in [0.1, 0.15) is 5.76 Å². The van der Waals surface area contributed by atoms with Crippen molar-refractivity contribution in [2.45, 2.75) is 6.54 Å². The van der Waals surface area contributed by atoms with E-state index >= 15 is 0 Å². The van der Waals surface area contributed by atoms with E-state index in [0.29, 0.717) is 6.54 Å². The lowest BCUT2D eigenvalue weighted by Crippen LogP contribution is -1.92. The summed E-state index contributed by atoms with van der Waals surface area (Å²) in [7, 11) is 1.66. The maximum Gasteiger partial charge on any atom is 0.163 e. The number of nitrogens with two attached hydrogens (primary N) is 1. The standard InChI is InChI=1S/C13H12N2O2S/c1-16-8-2-4-10-12(6-8)18-13(15-10)11-5-3-9(7-14)17-11/h2-6H,7,14H2,1H3. The zero-order valence-corrected chi connectivity index (χ0v) is 10.7. The number of methoxy groups -OCH3 is 1. The molecular formula is C13H12N2O2S. The van der Waals surface area contributed by atoms with Gasteiger partial charge in [-0.3, -0.25) is 0 Å². The molecule has 3 aromatic rings. The molecule has 1 aromatic carbocycles. The lowest BCUT2D eigenvalue weighted by atomic mass is 10.3. The number of fused-ring (bicyclic) bond motifs is 1. The lowest BCUT2D eigenvalue weighted by Gasteiger charge is -1.96. The van der Waals surface area contributed by atoms with Gasteiger partial charge in [0.2, 0.25) is 0 Å². The number of ether oxygens (including phenoxy) is 1. The molecule has 0 radical (unpaired) electrons. The van der Waals surface area contributed by atoms with Crippen LogP contribution in [0.15, 0.2) is 34.7 Å². The van der Waals surface area contributed by atoms with E-state index in [0.717, 1.165) is 32.5 Å². The summed E-state index contributed by atoms with van der Waals surface area (Å²) in [5, 5.41) is 0.859. The van der Waals surface area contributed by atoms with Gasteiger partial charge in [0, 0.05) is 0 Å². The van der Waals surface area contributed by atoms with Crippen LogP contribution in [0.4, 0.5) is 0 Å². The van der Waals surface area contributed by atoms with E-state index in [4.69, 9.17) is 14.9 Å². The molecule has 2 aromatic heterocycles. The Bertz CT molecular complexity index is 687. The van der Waals surface area contributed by atoms with Crippen molar-refractivity contribution in [3.63, 3.8) is 0 Å². The van der Waals surface area contributed by atoms with Crippen molar-refractivity contribution in [2.24, 2.45) is 5.73 Å². The van der Waals surface area contributed by atoms with Gasteiger partial charge in [0.05, 0.1) is 23.9 Å². The predicted molar refractivity (Wildman–Crippen MR) is 71.8 cm³/mol. The first kappa shape index (κ1) is 11.3. The highest BCUT2D eigenvalue weighted by atomic mass is 32.1. The predicted octanol–water partition coefficient (Wildman–Crippen LogP) is 3.02. The molecule has 0 saturated heterocycles. The van der Waals surface area contributed by atoms with Crippen molar-refractivity contribution >= 4 is 21.6 Å². The fourth-order valence-corrected chi connectivity index (χ4v) is 2.70. The van der Waals surface area contributed by atoms with Crippen LogP contribution >= 0.6 is 11.3 Å². The smallest absolute Gasteiger partial charge is 0.163 e. The van der Waals surface area contributed by atoms with Crippen LogP contribution in [0.3, 0.4) is 0 Å². The summed E-state index contributed by atoms with van der Waals surface area (Å²) >= 11 is 1.58. The van der Waals surface area contributed by atoms with Crippen LogP contribution < -0.4 is 10.5 Å². The average molecular weight is 260 g/mol. The van der Waals surface area contributed by atoms with Crippen molar-refractivity contribution < 1.29 is 9.15 Å². The topological polar surface area (TPSA) is 61.3 Å². The summed E-state index contributed by atoms with van der Waals surface area (Å²) in [6.45, 7) is 0.402. The van der Waals surface area contributed by atoms with E-state index in [1.807, 2.05) is 30.3 Å². The normalized spacial score (nSPS) is 11.0. The van der Waals surface area contributed by atoms with Crippen molar-refractivity contribution in [2.75, 3.05) is 7.11 Å². The molecule has 0 aliphatic rings. The molecule has 0 bridgehead atoms. The van der Waals surface area contributed by atoms with Crippen molar-refractivity contribution in [1.29, 1.82) is 0 Å².